The Balaban J connectivity index is 1.36. The molecule has 5 aromatic rings. The molecule has 0 aliphatic carbocycles. The van der Waals surface area contributed by atoms with E-state index in [0.29, 0.717) is 46.7 Å². The van der Waals surface area contributed by atoms with Gasteiger partial charge in [0.15, 0.2) is 5.75 Å². The Hall–Kier alpha value is -5.30. The third-order valence-electron chi connectivity index (χ3n) is 9.01. The van der Waals surface area contributed by atoms with Gasteiger partial charge in [0, 0.05) is 47.0 Å². The summed E-state index contributed by atoms with van der Waals surface area (Å²) >= 11 is 0. The van der Waals surface area contributed by atoms with E-state index in [2.05, 4.69) is 25.7 Å². The Labute approximate surface area is 322 Å². The van der Waals surface area contributed by atoms with E-state index >= 15 is 0 Å². The maximum atomic E-state index is 13.5. The van der Waals surface area contributed by atoms with Crippen LogP contribution < -0.4 is 34.9 Å². The number of carbonyl (C=O) groups excluding carboxylic acids is 1. The van der Waals surface area contributed by atoms with Crippen LogP contribution in [-0.2, 0) is 30.7 Å². The predicted molar refractivity (Wildman–Crippen MR) is 221 cm³/mol. The van der Waals surface area contributed by atoms with Gasteiger partial charge in [-0.2, -0.15) is 0 Å². The smallest absolute Gasteiger partial charge is 0.323 e. The molecule has 4 N–H and O–H groups in total. The van der Waals surface area contributed by atoms with Gasteiger partial charge in [-0.25, -0.2) is 18.2 Å². The zero-order valence-corrected chi connectivity index (χ0v) is 34.0. The molecule has 0 radical (unpaired) electrons. The monoisotopic (exact) mass is 789 g/mol. The first-order valence-electron chi connectivity index (χ1n) is 17.6. The van der Waals surface area contributed by atoms with Crippen molar-refractivity contribution >= 4 is 62.8 Å². The van der Waals surface area contributed by atoms with Crippen LogP contribution in [0.15, 0.2) is 85.1 Å². The van der Waals surface area contributed by atoms with Gasteiger partial charge in [-0.05, 0) is 60.7 Å². The van der Waals surface area contributed by atoms with E-state index in [1.54, 1.807) is 56.4 Å². The molecule has 0 aliphatic rings. The van der Waals surface area contributed by atoms with E-state index < -0.39 is 23.4 Å². The van der Waals surface area contributed by atoms with Crippen molar-refractivity contribution in [3.8, 4) is 23.0 Å². The van der Waals surface area contributed by atoms with E-state index in [1.807, 2.05) is 70.2 Å². The predicted octanol–water partition coefficient (Wildman–Crippen LogP) is 9.94. The fourth-order valence-corrected chi connectivity index (χ4v) is 8.02. The standard InChI is InChI=1S/C40H48N5O8PS/c1-9-40(3,4)27-21-33(38(51-6)34(22-27)45-55(8,48)49)44-39(46)43-32-17-18-35(31-14-12-11-13-30(31)32)53-29-19-20-41-37(24-29)42-28-16-15-26(36(23-28)50-5)25-54(7,47)52-10-2/h11-24,45H,9-10,25H2,1-8H3,(H,41,42)(H2,43,44,46). The molecular formula is C40H48N5O8PS. The van der Waals surface area contributed by atoms with Gasteiger partial charge in [0.1, 0.15) is 23.1 Å². The second kappa shape index (κ2) is 17.0. The number of nitrogens with zero attached hydrogens (tertiary/aromatic N) is 1. The van der Waals surface area contributed by atoms with Crippen molar-refractivity contribution in [2.45, 2.75) is 45.7 Å². The summed E-state index contributed by atoms with van der Waals surface area (Å²) in [6.07, 6.45) is 3.71. The molecule has 4 aromatic carbocycles. The Morgan fingerprint density at radius 1 is 0.855 bits per heavy atom. The fourth-order valence-electron chi connectivity index (χ4n) is 5.96. The molecule has 13 nitrogen and oxygen atoms in total. The van der Waals surface area contributed by atoms with Gasteiger partial charge in [-0.15, -0.1) is 0 Å². The minimum Gasteiger partial charge on any atom is -0.496 e. The number of methoxy groups -OCH3 is 2. The molecule has 0 aliphatic heterocycles. The van der Waals surface area contributed by atoms with Crippen LogP contribution in [0.2, 0.25) is 0 Å². The average molecular weight is 790 g/mol. The molecule has 1 unspecified atom stereocenters. The number of pyridine rings is 1. The van der Waals surface area contributed by atoms with Crippen molar-refractivity contribution in [1.29, 1.82) is 0 Å². The van der Waals surface area contributed by atoms with Crippen LogP contribution in [0.3, 0.4) is 0 Å². The summed E-state index contributed by atoms with van der Waals surface area (Å²) in [5, 5.41) is 10.5. The lowest BCUT2D eigenvalue weighted by molar-refractivity contribution is 0.262. The number of aromatic nitrogens is 1. The van der Waals surface area contributed by atoms with Crippen LogP contribution in [0.4, 0.5) is 33.4 Å². The molecule has 0 spiro atoms. The third kappa shape index (κ3) is 10.5. The van der Waals surface area contributed by atoms with Crippen LogP contribution in [0.5, 0.6) is 23.0 Å². The molecule has 1 atom stereocenters. The number of ether oxygens (including phenoxy) is 3. The van der Waals surface area contributed by atoms with E-state index in [1.165, 1.54) is 7.11 Å². The molecule has 0 fully saturated rings. The van der Waals surface area contributed by atoms with Gasteiger partial charge in [-0.1, -0.05) is 51.1 Å². The van der Waals surface area contributed by atoms with Gasteiger partial charge in [0.2, 0.25) is 17.4 Å². The molecular weight excluding hydrogens is 742 g/mol. The van der Waals surface area contributed by atoms with Gasteiger partial charge in [0.05, 0.1) is 50.3 Å². The van der Waals surface area contributed by atoms with Crippen molar-refractivity contribution in [1.82, 2.24) is 4.98 Å². The molecule has 15 heteroatoms. The summed E-state index contributed by atoms with van der Waals surface area (Å²) in [4.78, 5) is 18.0. The number of nitrogens with one attached hydrogen (secondary N) is 4. The van der Waals surface area contributed by atoms with E-state index in [-0.39, 0.29) is 23.0 Å². The lowest BCUT2D eigenvalue weighted by Gasteiger charge is -2.26. The Bertz CT molecular complexity index is 2350. The van der Waals surface area contributed by atoms with Crippen molar-refractivity contribution in [3.05, 3.63) is 96.2 Å². The number of urea groups is 1. The lowest BCUT2D eigenvalue weighted by atomic mass is 9.82. The summed E-state index contributed by atoms with van der Waals surface area (Å²) in [5.41, 5.74) is 3.04. The topological polar surface area (TPSA) is 166 Å². The highest BCUT2D eigenvalue weighted by atomic mass is 32.2. The number of benzene rings is 4. The second-order valence-electron chi connectivity index (χ2n) is 13.7. The Kier molecular flexibility index (Phi) is 12.6. The first kappa shape index (κ1) is 40.9. The molecule has 0 saturated heterocycles. The number of rotatable bonds is 16. The van der Waals surface area contributed by atoms with Crippen molar-refractivity contribution in [2.24, 2.45) is 0 Å². The normalized spacial score (nSPS) is 12.7. The SMILES string of the molecule is CCOP(C)(=O)Cc1ccc(Nc2cc(Oc3ccc(NC(=O)Nc4cc(C(C)(C)CC)cc(NS(C)(=O)=O)c4OC)c4ccccc34)ccn2)cc1OC. The van der Waals surface area contributed by atoms with Gasteiger partial charge in [0.25, 0.3) is 0 Å². The van der Waals surface area contributed by atoms with E-state index in [4.69, 9.17) is 18.7 Å². The van der Waals surface area contributed by atoms with Crippen LogP contribution in [0, 0.1) is 0 Å². The summed E-state index contributed by atoms with van der Waals surface area (Å²) in [6, 6.07) is 23.0. The zero-order valence-electron chi connectivity index (χ0n) is 32.3. The maximum Gasteiger partial charge on any atom is 0.323 e. The number of anilines is 5. The number of carbonyl (C=O) groups is 1. The zero-order chi connectivity index (χ0) is 40.0. The quantitative estimate of drug-likeness (QED) is 0.0707. The minimum atomic E-state index is -3.64. The van der Waals surface area contributed by atoms with Crippen molar-refractivity contribution in [3.63, 3.8) is 0 Å². The molecule has 55 heavy (non-hydrogen) atoms. The van der Waals surface area contributed by atoms with Crippen LogP contribution >= 0.6 is 7.37 Å². The highest BCUT2D eigenvalue weighted by Gasteiger charge is 2.25. The number of sulfonamides is 1. The van der Waals surface area contributed by atoms with Crippen molar-refractivity contribution in [2.75, 3.05) is 54.4 Å². The van der Waals surface area contributed by atoms with E-state index in [9.17, 15) is 17.8 Å². The molecule has 0 saturated carbocycles. The number of amides is 2. The molecule has 1 heterocycles. The average Bonchev–Trinajstić information content (AvgIpc) is 3.12. The fraction of sp³-hybridized carbons (Fsp3) is 0.300. The van der Waals surface area contributed by atoms with Crippen LogP contribution in [0.25, 0.3) is 10.8 Å². The minimum absolute atomic E-state index is 0.178. The summed E-state index contributed by atoms with van der Waals surface area (Å²) in [5.74, 6) is 2.36. The molecule has 0 bridgehead atoms. The first-order valence-corrected chi connectivity index (χ1v) is 21.8. The van der Waals surface area contributed by atoms with Crippen molar-refractivity contribution < 1.29 is 36.5 Å². The highest BCUT2D eigenvalue weighted by Crippen LogP contribution is 2.48. The largest absolute Gasteiger partial charge is 0.496 e. The van der Waals surface area contributed by atoms with Crippen LogP contribution in [-0.4, -0.2) is 53.2 Å². The Morgan fingerprint density at radius 2 is 1.56 bits per heavy atom. The van der Waals surface area contributed by atoms with Gasteiger partial charge >= 0.3 is 6.03 Å². The van der Waals surface area contributed by atoms with Gasteiger partial charge in [-0.3, -0.25) is 9.29 Å². The number of hydrogen-bond donors (Lipinski definition) is 4. The third-order valence-corrected chi connectivity index (χ3v) is 11.3. The number of fused-ring (bicyclic) bond motifs is 1. The van der Waals surface area contributed by atoms with Crippen LogP contribution in [0.1, 0.15) is 45.2 Å². The molecule has 1 aromatic heterocycles. The summed E-state index contributed by atoms with van der Waals surface area (Å²) < 4.78 is 62.7. The van der Waals surface area contributed by atoms with E-state index in [0.717, 1.165) is 34.6 Å². The lowest BCUT2D eigenvalue weighted by Crippen LogP contribution is -2.22. The molecule has 292 valence electrons. The second-order valence-corrected chi connectivity index (χ2v) is 18.0. The summed E-state index contributed by atoms with van der Waals surface area (Å²) in [7, 11) is -3.48. The highest BCUT2D eigenvalue weighted by molar-refractivity contribution is 7.92. The first-order chi connectivity index (χ1) is 26.0. The summed E-state index contributed by atoms with van der Waals surface area (Å²) in [6.45, 7) is 9.91. The maximum absolute atomic E-state index is 13.5. The Morgan fingerprint density at radius 3 is 2.24 bits per heavy atom. The van der Waals surface area contributed by atoms with Gasteiger partial charge < -0.3 is 34.7 Å². The molecule has 2 amide bonds. The number of hydrogen-bond acceptors (Lipinski definition) is 10. The molecule has 5 rings (SSSR count).